The first kappa shape index (κ1) is 23.5. The SMILES string of the molecule is CC[C@H](C)[C@@H](C(=O)OCC(=O)Nc1ccc(F)c([N+](=O)[O-])c1)N1C(=O)c2ccccc2C1=O. The molecule has 0 saturated carbocycles. The predicted octanol–water partition coefficient (Wildman–Crippen LogP) is 2.93. The van der Waals surface area contributed by atoms with Gasteiger partial charge >= 0.3 is 11.7 Å². The molecule has 1 aliphatic rings. The van der Waals surface area contributed by atoms with Crippen molar-refractivity contribution in [3.8, 4) is 0 Å². The quantitative estimate of drug-likeness (QED) is 0.279. The van der Waals surface area contributed by atoms with Crippen LogP contribution in [0, 0.1) is 21.8 Å². The Morgan fingerprint density at radius 1 is 1.15 bits per heavy atom. The Balaban J connectivity index is 1.71. The molecule has 3 amide bonds. The number of hydrogen-bond acceptors (Lipinski definition) is 7. The third-order valence-corrected chi connectivity index (χ3v) is 5.30. The minimum Gasteiger partial charge on any atom is -0.454 e. The number of halogens is 1. The molecule has 1 aliphatic heterocycles. The van der Waals surface area contributed by atoms with Crippen molar-refractivity contribution in [2.24, 2.45) is 5.92 Å². The summed E-state index contributed by atoms with van der Waals surface area (Å²) in [5.74, 6) is -4.56. The minimum atomic E-state index is -1.25. The number of rotatable bonds is 8. The van der Waals surface area contributed by atoms with Crippen molar-refractivity contribution in [2.75, 3.05) is 11.9 Å². The fourth-order valence-corrected chi connectivity index (χ4v) is 3.43. The summed E-state index contributed by atoms with van der Waals surface area (Å²) in [7, 11) is 0. The van der Waals surface area contributed by atoms with Crippen LogP contribution in [0.15, 0.2) is 42.5 Å². The van der Waals surface area contributed by atoms with E-state index in [0.29, 0.717) is 6.42 Å². The van der Waals surface area contributed by atoms with Crippen molar-refractivity contribution in [1.82, 2.24) is 4.90 Å². The number of ether oxygens (including phenoxy) is 1. The average molecular weight is 457 g/mol. The molecule has 2 aromatic carbocycles. The third-order valence-electron chi connectivity index (χ3n) is 5.30. The van der Waals surface area contributed by atoms with Crippen LogP contribution >= 0.6 is 0 Å². The van der Waals surface area contributed by atoms with Crippen molar-refractivity contribution in [3.63, 3.8) is 0 Å². The van der Waals surface area contributed by atoms with Crippen LogP contribution in [-0.4, -0.2) is 46.2 Å². The summed E-state index contributed by atoms with van der Waals surface area (Å²) in [6.07, 6.45) is 0.443. The molecule has 0 unspecified atom stereocenters. The second-order valence-corrected chi connectivity index (χ2v) is 7.44. The monoisotopic (exact) mass is 457 g/mol. The van der Waals surface area contributed by atoms with Gasteiger partial charge in [0.1, 0.15) is 6.04 Å². The molecule has 2 aromatic rings. The van der Waals surface area contributed by atoms with E-state index in [4.69, 9.17) is 4.74 Å². The number of fused-ring (bicyclic) bond motifs is 1. The highest BCUT2D eigenvalue weighted by atomic mass is 19.1. The molecule has 1 heterocycles. The number of nitro benzene ring substituents is 1. The number of carbonyl (C=O) groups excluding carboxylic acids is 4. The van der Waals surface area contributed by atoms with Crippen molar-refractivity contribution < 1.29 is 33.2 Å². The van der Waals surface area contributed by atoms with E-state index in [0.717, 1.165) is 23.1 Å². The first-order valence-electron chi connectivity index (χ1n) is 10.0. The molecule has 10 nitrogen and oxygen atoms in total. The molecule has 11 heteroatoms. The maximum atomic E-state index is 13.4. The van der Waals surface area contributed by atoms with Crippen molar-refractivity contribution >= 4 is 35.1 Å². The molecule has 1 N–H and O–H groups in total. The number of nitrogens with one attached hydrogen (secondary N) is 1. The molecule has 33 heavy (non-hydrogen) atoms. The zero-order valence-electron chi connectivity index (χ0n) is 17.7. The van der Waals surface area contributed by atoms with E-state index < -0.39 is 58.7 Å². The molecule has 0 aromatic heterocycles. The lowest BCUT2D eigenvalue weighted by atomic mass is 9.97. The molecule has 2 atom stereocenters. The zero-order chi connectivity index (χ0) is 24.3. The lowest BCUT2D eigenvalue weighted by Gasteiger charge is -2.28. The van der Waals surface area contributed by atoms with Crippen LogP contribution in [-0.2, 0) is 14.3 Å². The van der Waals surface area contributed by atoms with Gasteiger partial charge in [0.2, 0.25) is 5.82 Å². The Hall–Kier alpha value is -4.15. The fraction of sp³-hybridized carbons (Fsp3) is 0.273. The van der Waals surface area contributed by atoms with E-state index in [1.165, 1.54) is 12.1 Å². The molecule has 0 bridgehead atoms. The zero-order valence-corrected chi connectivity index (χ0v) is 17.7. The highest BCUT2D eigenvalue weighted by Gasteiger charge is 2.45. The van der Waals surface area contributed by atoms with Gasteiger partial charge in [-0.25, -0.2) is 4.79 Å². The van der Waals surface area contributed by atoms with E-state index in [1.807, 2.05) is 0 Å². The van der Waals surface area contributed by atoms with Gasteiger partial charge in [0.25, 0.3) is 17.7 Å². The summed E-state index contributed by atoms with van der Waals surface area (Å²) >= 11 is 0. The molecule has 0 fully saturated rings. The van der Waals surface area contributed by atoms with Crippen LogP contribution in [0.1, 0.15) is 41.0 Å². The number of imide groups is 1. The van der Waals surface area contributed by atoms with Crippen molar-refractivity contribution in [1.29, 1.82) is 0 Å². The van der Waals surface area contributed by atoms with Gasteiger partial charge in [-0.1, -0.05) is 32.4 Å². The van der Waals surface area contributed by atoms with E-state index in [2.05, 4.69) is 5.32 Å². The highest BCUT2D eigenvalue weighted by Crippen LogP contribution is 2.29. The number of hydrogen-bond donors (Lipinski definition) is 1. The number of anilines is 1. The van der Waals surface area contributed by atoms with Gasteiger partial charge in [-0.05, 0) is 30.2 Å². The molecule has 172 valence electrons. The van der Waals surface area contributed by atoms with Crippen LogP contribution < -0.4 is 5.32 Å². The third kappa shape index (κ3) is 4.71. The maximum Gasteiger partial charge on any atom is 0.330 e. The topological polar surface area (TPSA) is 136 Å². The van der Waals surface area contributed by atoms with Gasteiger partial charge in [-0.2, -0.15) is 4.39 Å². The standard InChI is InChI=1S/C22H20FN3O7/c1-3-12(2)19(25-20(28)14-6-4-5-7-15(14)21(25)29)22(30)33-11-18(27)24-13-8-9-16(23)17(10-13)26(31)32/h4-10,12,19H,3,11H2,1-2H3,(H,24,27)/t12-,19-/m0/s1. The Kier molecular flexibility index (Phi) is 6.80. The van der Waals surface area contributed by atoms with Gasteiger partial charge < -0.3 is 10.1 Å². The Bertz CT molecular complexity index is 1120. The van der Waals surface area contributed by atoms with E-state index >= 15 is 0 Å². The summed E-state index contributed by atoms with van der Waals surface area (Å²) < 4.78 is 18.5. The average Bonchev–Trinajstić information content (AvgIpc) is 3.04. The minimum absolute atomic E-state index is 0.0667. The summed E-state index contributed by atoms with van der Waals surface area (Å²) in [4.78, 5) is 61.3. The maximum absolute atomic E-state index is 13.4. The van der Waals surface area contributed by atoms with E-state index in [9.17, 15) is 33.7 Å². The molecule has 0 saturated heterocycles. The van der Waals surface area contributed by atoms with Crippen LogP contribution in [0.3, 0.4) is 0 Å². The van der Waals surface area contributed by atoms with Crippen LogP contribution in [0.5, 0.6) is 0 Å². The van der Waals surface area contributed by atoms with Crippen molar-refractivity contribution in [2.45, 2.75) is 26.3 Å². The number of esters is 1. The molecule has 0 spiro atoms. The molecule has 0 aliphatic carbocycles. The smallest absolute Gasteiger partial charge is 0.330 e. The van der Waals surface area contributed by atoms with Gasteiger partial charge in [-0.3, -0.25) is 29.4 Å². The lowest BCUT2D eigenvalue weighted by Crippen LogP contribution is -2.49. The van der Waals surface area contributed by atoms with Gasteiger partial charge in [0, 0.05) is 11.8 Å². The molecular weight excluding hydrogens is 437 g/mol. The molecular formula is C22H20FN3O7. The largest absolute Gasteiger partial charge is 0.454 e. The summed E-state index contributed by atoms with van der Waals surface area (Å²) in [5.41, 5.74) is -0.534. The number of carbonyl (C=O) groups is 4. The van der Waals surface area contributed by atoms with E-state index in [1.54, 1.807) is 26.0 Å². The number of nitro groups is 1. The first-order chi connectivity index (χ1) is 15.6. The number of benzene rings is 2. The van der Waals surface area contributed by atoms with Crippen molar-refractivity contribution in [3.05, 3.63) is 69.5 Å². The molecule has 3 rings (SSSR count). The van der Waals surface area contributed by atoms with Gasteiger partial charge in [0.15, 0.2) is 6.61 Å². The predicted molar refractivity (Wildman–Crippen MR) is 113 cm³/mol. The summed E-state index contributed by atoms with van der Waals surface area (Å²) in [6, 6.07) is 7.71. The van der Waals surface area contributed by atoms with Gasteiger partial charge in [-0.15, -0.1) is 0 Å². The van der Waals surface area contributed by atoms with Crippen LogP contribution in [0.4, 0.5) is 15.8 Å². The summed E-state index contributed by atoms with van der Waals surface area (Å²) in [6.45, 7) is 2.67. The Morgan fingerprint density at radius 3 is 2.30 bits per heavy atom. The molecule has 0 radical (unpaired) electrons. The highest BCUT2D eigenvalue weighted by molar-refractivity contribution is 6.22. The Labute approximate surface area is 187 Å². The number of amides is 3. The van der Waals surface area contributed by atoms with Crippen LogP contribution in [0.2, 0.25) is 0 Å². The number of nitrogens with zero attached hydrogens (tertiary/aromatic N) is 2. The normalized spacial score (nSPS) is 14.5. The van der Waals surface area contributed by atoms with E-state index in [-0.39, 0.29) is 16.8 Å². The second kappa shape index (κ2) is 9.55. The summed E-state index contributed by atoms with van der Waals surface area (Å²) in [5, 5.41) is 13.1. The first-order valence-corrected chi connectivity index (χ1v) is 10.0. The fourth-order valence-electron chi connectivity index (χ4n) is 3.43. The Morgan fingerprint density at radius 2 is 1.76 bits per heavy atom. The second-order valence-electron chi connectivity index (χ2n) is 7.44. The van der Waals surface area contributed by atoms with Crippen LogP contribution in [0.25, 0.3) is 0 Å². The van der Waals surface area contributed by atoms with Gasteiger partial charge in [0.05, 0.1) is 16.1 Å². The lowest BCUT2D eigenvalue weighted by molar-refractivity contribution is -0.387.